The summed E-state index contributed by atoms with van der Waals surface area (Å²) in [5.41, 5.74) is -3.33. The van der Waals surface area contributed by atoms with E-state index in [-0.39, 0.29) is 129 Å². The van der Waals surface area contributed by atoms with E-state index in [2.05, 4.69) is 46.0 Å². The number of aromatic nitrogens is 4. The van der Waals surface area contributed by atoms with Gasteiger partial charge in [-0.25, -0.2) is 29.8 Å². The number of hydrogen-bond acceptors (Lipinski definition) is 23. The Bertz CT molecular complexity index is 3250. The van der Waals surface area contributed by atoms with Crippen LogP contribution in [-0.2, 0) is 47.4 Å². The number of anilines is 4. The van der Waals surface area contributed by atoms with Crippen LogP contribution in [0, 0.1) is 0 Å². The molecule has 2 aromatic heterocycles. The van der Waals surface area contributed by atoms with Gasteiger partial charge in [-0.1, -0.05) is 47.7 Å². The molecule has 0 aliphatic rings. The van der Waals surface area contributed by atoms with Crippen LogP contribution >= 0.6 is 11.6 Å². The molecule has 6 aromatic rings. The molecule has 4 aromatic carbocycles. The summed E-state index contributed by atoms with van der Waals surface area (Å²) in [6.07, 6.45) is 0.699. The first-order valence-corrected chi connectivity index (χ1v) is 21.4. The molecule has 1 unspecified atom stereocenters. The number of pyridine rings is 1. The minimum atomic E-state index is -5.39. The van der Waals surface area contributed by atoms with Crippen LogP contribution in [0.2, 0.25) is 5.02 Å². The maximum absolute atomic E-state index is 13.9. The van der Waals surface area contributed by atoms with Gasteiger partial charge >= 0.3 is 125 Å². The first-order chi connectivity index (χ1) is 29.6. The van der Waals surface area contributed by atoms with Crippen LogP contribution in [0.3, 0.4) is 0 Å². The Morgan fingerprint density at radius 3 is 1.75 bits per heavy atom. The number of carboxylic acid groups (broad SMARTS) is 2. The van der Waals surface area contributed by atoms with Gasteiger partial charge in [0.05, 0.1) is 61.1 Å². The fraction of sp³-hybridized carbons (Fsp3) is 0.0286. The Balaban J connectivity index is 0.00000462. The fourth-order valence-electron chi connectivity index (χ4n) is 5.15. The molecular formula is C35H21ClCuN10Na3O14S3+. The van der Waals surface area contributed by atoms with E-state index in [1.54, 1.807) is 6.07 Å². The SMILES string of the molecule is O=C([O-])c1ccc[n+](-c2nc(Nc3cc(S(=O)(=O)[O-])ccc3Cl)nc(Nc3cc(S(=O)(=O)[O-])cc(N=NC(N=Nc4cc(S(=O)(=O)[O-])ccc4C(=O)[O-])c4ccccc4)c3[O-])n2)c1.[Cu+2].[H+].[Na+].[Na+].[Na+]. The molecule has 1 radical (unpaired) electrons. The van der Waals surface area contributed by atoms with Crippen LogP contribution < -0.4 is 119 Å². The second-order valence-electron chi connectivity index (χ2n) is 12.3. The molecule has 333 valence electrons. The minimum Gasteiger partial charge on any atom is -0.870 e. The Morgan fingerprint density at radius 1 is 0.657 bits per heavy atom. The first-order valence-electron chi connectivity index (χ1n) is 16.8. The van der Waals surface area contributed by atoms with E-state index in [9.17, 15) is 63.8 Å². The van der Waals surface area contributed by atoms with Crippen LogP contribution in [0.15, 0.2) is 139 Å². The second kappa shape index (κ2) is 24.6. The average Bonchev–Trinajstić information content (AvgIpc) is 3.21. The van der Waals surface area contributed by atoms with Crippen molar-refractivity contribution in [1.29, 1.82) is 0 Å². The van der Waals surface area contributed by atoms with Gasteiger partial charge in [-0.3, -0.25) is 0 Å². The standard InChI is InChI=1S/C35H25ClN10O14S3.Cu.3Na/c36-24-11-9-21(62(55,56)57)14-26(24)37-33-39-34(41-35(40-33)46-12-4-7-19(17-46)31(48)49)38-27-15-22(63(58,59)60)16-28(29(27)47)43-45-30(18-5-2-1-3-6-18)44-42-25-13-20(61(52,53)54)8-10-23(25)32(50)51;;;;/h1-17,30H,(H7-,37,38,39,40,41,42,43,44,45,47,48,49,50,51,52,53,54,55,56,57,58,59,60);;;;/q;+2;3*+1/p-4. The Kier molecular flexibility index (Phi) is 21.8. The molecule has 0 aliphatic heterocycles. The van der Waals surface area contributed by atoms with Gasteiger partial charge in [0.15, 0.2) is 0 Å². The monoisotopic (exact) mass is 1070 g/mol. The van der Waals surface area contributed by atoms with Crippen LogP contribution in [0.5, 0.6) is 5.75 Å². The van der Waals surface area contributed by atoms with Crippen molar-refractivity contribution in [2.24, 2.45) is 20.5 Å². The van der Waals surface area contributed by atoms with Crippen LogP contribution in [-0.4, -0.2) is 65.8 Å². The summed E-state index contributed by atoms with van der Waals surface area (Å²) < 4.78 is 108. The number of nitrogens with zero attached hydrogens (tertiary/aromatic N) is 8. The van der Waals surface area contributed by atoms with E-state index in [1.165, 1.54) is 42.6 Å². The van der Waals surface area contributed by atoms with Gasteiger partial charge in [-0.2, -0.15) is 20.5 Å². The van der Waals surface area contributed by atoms with Gasteiger partial charge in [0.1, 0.15) is 30.4 Å². The number of azo groups is 2. The van der Waals surface area contributed by atoms with E-state index >= 15 is 0 Å². The maximum atomic E-state index is 13.9. The number of nitrogens with one attached hydrogen (secondary N) is 2. The van der Waals surface area contributed by atoms with Crippen molar-refractivity contribution in [3.8, 4) is 11.7 Å². The van der Waals surface area contributed by atoms with Crippen molar-refractivity contribution in [2.75, 3.05) is 10.6 Å². The normalized spacial score (nSPS) is 11.9. The fourth-order valence-corrected chi connectivity index (χ4v) is 6.82. The maximum Gasteiger partial charge on any atom is 2.00 e. The summed E-state index contributed by atoms with van der Waals surface area (Å²) in [7, 11) is -15.5. The van der Waals surface area contributed by atoms with Crippen LogP contribution in [0.25, 0.3) is 5.95 Å². The van der Waals surface area contributed by atoms with Crippen molar-refractivity contribution in [3.63, 3.8) is 0 Å². The molecule has 0 amide bonds. The molecule has 67 heavy (non-hydrogen) atoms. The van der Waals surface area contributed by atoms with E-state index in [1.807, 2.05) is 0 Å². The molecule has 24 nitrogen and oxygen atoms in total. The number of rotatable bonds is 15. The topological polar surface area (TPSA) is 391 Å². The Morgan fingerprint density at radius 2 is 1.18 bits per heavy atom. The van der Waals surface area contributed by atoms with Crippen LogP contribution in [0.1, 0.15) is 33.9 Å². The summed E-state index contributed by atoms with van der Waals surface area (Å²) in [5, 5.41) is 57.5. The molecule has 2 N–H and O–H groups in total. The van der Waals surface area contributed by atoms with Crippen molar-refractivity contribution in [1.82, 2.24) is 15.0 Å². The molecule has 0 spiro atoms. The zero-order valence-electron chi connectivity index (χ0n) is 35.1. The molecule has 1 atom stereocenters. The van der Waals surface area contributed by atoms with Gasteiger partial charge in [-0.15, -0.1) is 4.98 Å². The van der Waals surface area contributed by atoms with Gasteiger partial charge < -0.3 is 49.2 Å². The van der Waals surface area contributed by atoms with E-state index in [0.717, 1.165) is 35.0 Å². The largest absolute Gasteiger partial charge is 2.00 e. The van der Waals surface area contributed by atoms with Gasteiger partial charge in [0.2, 0.25) is 6.17 Å². The summed E-state index contributed by atoms with van der Waals surface area (Å²) >= 11 is 6.22. The van der Waals surface area contributed by atoms with Crippen molar-refractivity contribution < 1.29 is 176 Å². The average molecular weight is 1070 g/mol. The zero-order chi connectivity index (χ0) is 45.9. The number of aromatic carboxylic acids is 2. The number of carboxylic acids is 2. The summed E-state index contributed by atoms with van der Waals surface area (Å²) in [6.45, 7) is 0. The third-order valence-electron chi connectivity index (χ3n) is 8.07. The third kappa shape index (κ3) is 15.6. The Hall–Kier alpha value is -3.88. The van der Waals surface area contributed by atoms with Crippen LogP contribution in [0.4, 0.5) is 34.6 Å². The summed E-state index contributed by atoms with van der Waals surface area (Å²) in [6, 6.07) is 15.9. The van der Waals surface area contributed by atoms with E-state index in [0.29, 0.717) is 24.3 Å². The molecule has 0 bridgehead atoms. The van der Waals surface area contributed by atoms with Crippen molar-refractivity contribution >= 4 is 88.5 Å². The molecule has 0 fully saturated rings. The zero-order valence-corrected chi connectivity index (χ0v) is 44.2. The number of benzene rings is 4. The number of carbonyl (C=O) groups is 2. The van der Waals surface area contributed by atoms with Gasteiger partial charge in [-0.05, 0) is 70.6 Å². The van der Waals surface area contributed by atoms with Gasteiger partial charge in [0.25, 0.3) is 0 Å². The predicted octanol–water partition coefficient (Wildman–Crippen LogP) is -7.51. The smallest absolute Gasteiger partial charge is 0.870 e. The molecule has 2 heterocycles. The van der Waals surface area contributed by atoms with E-state index < -0.39 is 109 Å². The molecule has 0 saturated carbocycles. The number of carbonyl (C=O) groups excluding carboxylic acids is 2. The number of hydrogen-bond donors (Lipinski definition) is 2. The molecular weight excluding hydrogens is 1050 g/mol. The Labute approximate surface area is 462 Å². The number of halogens is 1. The van der Waals surface area contributed by atoms with E-state index in [4.69, 9.17) is 11.6 Å². The molecule has 0 saturated heterocycles. The second-order valence-corrected chi connectivity index (χ2v) is 16.9. The first kappa shape index (κ1) is 59.2. The summed E-state index contributed by atoms with van der Waals surface area (Å²) in [5.74, 6) is -6.10. The third-order valence-corrected chi connectivity index (χ3v) is 10.9. The predicted molar refractivity (Wildman–Crippen MR) is 204 cm³/mol. The molecule has 32 heteroatoms. The van der Waals surface area contributed by atoms with Crippen molar-refractivity contribution in [3.05, 3.63) is 125 Å². The summed E-state index contributed by atoms with van der Waals surface area (Å²) in [4.78, 5) is 33.1. The van der Waals surface area contributed by atoms with Crippen molar-refractivity contribution in [2.45, 2.75) is 20.9 Å². The molecule has 6 rings (SSSR count). The van der Waals surface area contributed by atoms with Gasteiger partial charge in [0, 0.05) is 22.4 Å². The molecule has 0 aliphatic carbocycles. The minimum absolute atomic E-state index is 0. The quantitative estimate of drug-likeness (QED) is 0.0417.